The quantitative estimate of drug-likeness (QED) is 0.724. The molecule has 2 aliphatic carbocycles. The zero-order valence-electron chi connectivity index (χ0n) is 18.2. The molecule has 1 saturated heterocycles. The van der Waals surface area contributed by atoms with E-state index in [2.05, 4.69) is 24.9 Å². The summed E-state index contributed by atoms with van der Waals surface area (Å²) >= 11 is 0. The van der Waals surface area contributed by atoms with Gasteiger partial charge < -0.3 is 15.5 Å². The molecule has 2 bridgehead atoms. The molecule has 31 heavy (non-hydrogen) atoms. The third-order valence-corrected chi connectivity index (χ3v) is 7.34. The molecule has 3 aliphatic rings. The maximum Gasteiger partial charge on any atom is 0.225 e. The number of carbonyl (C=O) groups excluding carboxylic acids is 1. The first kappa shape index (κ1) is 24.0. The number of hydrogen-bond acceptors (Lipinski definition) is 6. The number of nitrogens with zero attached hydrogens (tertiary/aromatic N) is 6. The Bertz CT molecular complexity index is 914. The van der Waals surface area contributed by atoms with E-state index in [0.29, 0.717) is 23.8 Å². The van der Waals surface area contributed by atoms with Crippen LogP contribution in [0.4, 0.5) is 5.82 Å². The molecule has 2 aromatic heterocycles. The fraction of sp³-hybridized carbons (Fsp3) is 0.714. The van der Waals surface area contributed by atoms with Crippen LogP contribution >= 0.6 is 24.8 Å². The molecule has 2 atom stereocenters. The number of aryl methyl sites for hydroxylation is 2. The number of piperazine rings is 1. The smallest absolute Gasteiger partial charge is 0.225 e. The van der Waals surface area contributed by atoms with Crippen LogP contribution in [0.3, 0.4) is 0 Å². The largest absolute Gasteiger partial charge is 0.352 e. The first-order valence-corrected chi connectivity index (χ1v) is 11.0. The summed E-state index contributed by atoms with van der Waals surface area (Å²) in [7, 11) is 1.90. The molecule has 3 heterocycles. The lowest BCUT2D eigenvalue weighted by atomic mass is 9.65. The van der Waals surface area contributed by atoms with Crippen molar-refractivity contribution in [2.75, 3.05) is 31.1 Å². The van der Waals surface area contributed by atoms with Gasteiger partial charge in [-0.05, 0) is 44.4 Å². The average molecular weight is 470 g/mol. The number of hydrogen-bond donors (Lipinski definition) is 1. The van der Waals surface area contributed by atoms with E-state index in [0.717, 1.165) is 61.7 Å². The Morgan fingerprint density at radius 3 is 2.35 bits per heavy atom. The third kappa shape index (κ3) is 4.34. The van der Waals surface area contributed by atoms with Gasteiger partial charge in [0.2, 0.25) is 5.91 Å². The second-order valence-corrected chi connectivity index (χ2v) is 9.11. The molecule has 0 aromatic carbocycles. The highest BCUT2D eigenvalue weighted by atomic mass is 35.5. The minimum absolute atomic E-state index is 0. The number of aromatic nitrogens is 4. The highest BCUT2D eigenvalue weighted by Gasteiger charge is 2.42. The minimum atomic E-state index is 0. The molecule has 10 heteroatoms. The second-order valence-electron chi connectivity index (χ2n) is 9.11. The summed E-state index contributed by atoms with van der Waals surface area (Å²) in [4.78, 5) is 26.8. The fourth-order valence-electron chi connectivity index (χ4n) is 5.74. The van der Waals surface area contributed by atoms with Gasteiger partial charge in [-0.25, -0.2) is 9.97 Å². The Labute approximate surface area is 195 Å². The highest BCUT2D eigenvalue weighted by Crippen LogP contribution is 2.42. The first-order chi connectivity index (χ1) is 14.0. The van der Waals surface area contributed by atoms with Crippen molar-refractivity contribution in [1.29, 1.82) is 0 Å². The van der Waals surface area contributed by atoms with Crippen LogP contribution in [0.5, 0.6) is 0 Å². The van der Waals surface area contributed by atoms with E-state index in [1.165, 1.54) is 19.3 Å². The number of carbonyl (C=O) groups is 1. The summed E-state index contributed by atoms with van der Waals surface area (Å²) in [5, 5.41) is 5.32. The van der Waals surface area contributed by atoms with Gasteiger partial charge in [0.15, 0.2) is 5.65 Å². The number of rotatable bonds is 2. The first-order valence-electron chi connectivity index (χ1n) is 11.0. The topological polar surface area (TPSA) is 93.2 Å². The van der Waals surface area contributed by atoms with Crippen LogP contribution in [0.25, 0.3) is 11.0 Å². The lowest BCUT2D eigenvalue weighted by Gasteiger charge is -2.45. The molecule has 1 aliphatic heterocycles. The predicted molar refractivity (Wildman–Crippen MR) is 126 cm³/mol. The van der Waals surface area contributed by atoms with Crippen LogP contribution < -0.4 is 10.6 Å². The van der Waals surface area contributed by atoms with Crippen LogP contribution in [-0.2, 0) is 11.8 Å². The normalized spacial score (nSPS) is 28.1. The maximum atomic E-state index is 13.2. The molecule has 0 spiro atoms. The summed E-state index contributed by atoms with van der Waals surface area (Å²) in [5.41, 5.74) is 7.27. The fourth-order valence-corrected chi connectivity index (χ4v) is 5.74. The molecule has 2 aromatic rings. The number of nitrogens with two attached hydrogens (primary N) is 1. The number of amides is 1. The molecule has 0 radical (unpaired) electrons. The van der Waals surface area contributed by atoms with Crippen molar-refractivity contribution in [1.82, 2.24) is 24.6 Å². The highest BCUT2D eigenvalue weighted by molar-refractivity contribution is 5.87. The predicted octanol–water partition coefficient (Wildman–Crippen LogP) is 2.32. The van der Waals surface area contributed by atoms with E-state index in [-0.39, 0.29) is 30.7 Å². The van der Waals surface area contributed by atoms with E-state index in [1.54, 1.807) is 4.68 Å². The van der Waals surface area contributed by atoms with E-state index < -0.39 is 0 Å². The Hall–Kier alpha value is -1.64. The monoisotopic (exact) mass is 469 g/mol. The Morgan fingerprint density at radius 1 is 1.06 bits per heavy atom. The van der Waals surface area contributed by atoms with Crippen molar-refractivity contribution < 1.29 is 4.79 Å². The van der Waals surface area contributed by atoms with E-state index in [4.69, 9.17) is 5.73 Å². The SMILES string of the molecule is Cc1nc(N2CCN(C(=O)C3CC4CCCC(C3)C4N)CC2)c2cnn(C)c2n1.Cl.Cl. The summed E-state index contributed by atoms with van der Waals surface area (Å²) in [5.74, 6) is 3.29. The van der Waals surface area contributed by atoms with Gasteiger partial charge in [0.1, 0.15) is 11.6 Å². The van der Waals surface area contributed by atoms with Crippen LogP contribution in [0.2, 0.25) is 0 Å². The van der Waals surface area contributed by atoms with Crippen molar-refractivity contribution in [3.8, 4) is 0 Å². The molecule has 5 rings (SSSR count). The second kappa shape index (κ2) is 9.46. The van der Waals surface area contributed by atoms with Gasteiger partial charge >= 0.3 is 0 Å². The van der Waals surface area contributed by atoms with E-state index in [1.807, 2.05) is 20.2 Å². The van der Waals surface area contributed by atoms with Crippen molar-refractivity contribution in [2.24, 2.45) is 30.5 Å². The van der Waals surface area contributed by atoms with Gasteiger partial charge in [-0.3, -0.25) is 9.48 Å². The van der Waals surface area contributed by atoms with Gasteiger partial charge in [-0.1, -0.05) is 6.42 Å². The van der Waals surface area contributed by atoms with E-state index in [9.17, 15) is 4.79 Å². The zero-order chi connectivity index (χ0) is 20.1. The molecular weight excluding hydrogens is 437 g/mol. The van der Waals surface area contributed by atoms with Crippen molar-refractivity contribution in [3.05, 3.63) is 12.0 Å². The number of halogens is 2. The van der Waals surface area contributed by atoms with E-state index >= 15 is 0 Å². The third-order valence-electron chi connectivity index (χ3n) is 7.34. The number of fused-ring (bicyclic) bond motifs is 3. The van der Waals surface area contributed by atoms with Crippen LogP contribution in [0, 0.1) is 24.7 Å². The standard InChI is InChI=1S/C21H31N7O.2ClH/c1-13-24-19-17(12-23-26(19)2)20(25-13)27-6-8-28(9-7-27)21(29)16-10-14-4-3-5-15(11-16)18(14)22;;/h12,14-16,18H,3-11,22H2,1-2H3;2*1H. The van der Waals surface area contributed by atoms with Crippen molar-refractivity contribution >= 4 is 47.6 Å². The summed E-state index contributed by atoms with van der Waals surface area (Å²) in [6.45, 7) is 5.01. The van der Waals surface area contributed by atoms with Gasteiger partial charge in [0.25, 0.3) is 0 Å². The van der Waals surface area contributed by atoms with Gasteiger partial charge in [0, 0.05) is 45.2 Å². The number of anilines is 1. The molecule has 172 valence electrons. The van der Waals surface area contributed by atoms with Gasteiger partial charge in [0.05, 0.1) is 11.6 Å². The van der Waals surface area contributed by atoms with Crippen LogP contribution in [0.1, 0.15) is 37.9 Å². The molecule has 8 nitrogen and oxygen atoms in total. The molecular formula is C21H33Cl2N7O. The van der Waals surface area contributed by atoms with Gasteiger partial charge in [-0.2, -0.15) is 5.10 Å². The lowest BCUT2D eigenvalue weighted by Crippen LogP contribution is -2.54. The molecule has 2 unspecified atom stereocenters. The summed E-state index contributed by atoms with van der Waals surface area (Å²) in [6, 6.07) is 0.313. The van der Waals surface area contributed by atoms with Crippen molar-refractivity contribution in [3.63, 3.8) is 0 Å². The van der Waals surface area contributed by atoms with Gasteiger partial charge in [-0.15, -0.1) is 24.8 Å². The maximum absolute atomic E-state index is 13.2. The lowest BCUT2D eigenvalue weighted by molar-refractivity contribution is -0.138. The Balaban J connectivity index is 0.00000136. The van der Waals surface area contributed by atoms with Crippen molar-refractivity contribution in [2.45, 2.75) is 45.1 Å². The Morgan fingerprint density at radius 2 is 1.71 bits per heavy atom. The zero-order valence-corrected chi connectivity index (χ0v) is 19.9. The molecule has 2 N–H and O–H groups in total. The summed E-state index contributed by atoms with van der Waals surface area (Å²) in [6.07, 6.45) is 7.48. The minimum Gasteiger partial charge on any atom is -0.352 e. The Kier molecular flexibility index (Phi) is 7.33. The summed E-state index contributed by atoms with van der Waals surface area (Å²) < 4.78 is 1.79. The molecule has 2 saturated carbocycles. The van der Waals surface area contributed by atoms with Crippen LogP contribution in [0.15, 0.2) is 6.20 Å². The average Bonchev–Trinajstić information content (AvgIpc) is 3.07. The van der Waals surface area contributed by atoms with Crippen LogP contribution in [-0.4, -0.2) is 62.8 Å². The molecule has 1 amide bonds. The molecule has 3 fully saturated rings.